The zero-order valence-corrected chi connectivity index (χ0v) is 10.4. The summed E-state index contributed by atoms with van der Waals surface area (Å²) in [6.45, 7) is 6.09. The maximum atomic E-state index is 10.1. The Morgan fingerprint density at radius 2 is 1.67 bits per heavy atom. The molecule has 0 saturated heterocycles. The molecule has 0 aromatic heterocycles. The molecule has 0 aliphatic rings. The van der Waals surface area contributed by atoms with Gasteiger partial charge in [-0.2, -0.15) is 0 Å². The summed E-state index contributed by atoms with van der Waals surface area (Å²) in [5.41, 5.74) is 0.220. The summed E-state index contributed by atoms with van der Waals surface area (Å²) in [6.07, 6.45) is 0. The molecule has 3 nitrogen and oxygen atoms in total. The standard InChI is InChI=1S/C7H6O2.C4H9.Al.H2O/c8-7(9)6-4-2-1-3-5-6;1-4(2)3;;/h1-5H,(H,8,9);1-3H3;;1H2/q;;+2;/p-2. The Bertz CT molecular complexity index is 290. The van der Waals surface area contributed by atoms with Crippen LogP contribution in [0.25, 0.3) is 0 Å². The molecule has 4 heteroatoms. The van der Waals surface area contributed by atoms with E-state index in [4.69, 9.17) is 4.16 Å². The minimum absolute atomic E-state index is 0.181. The van der Waals surface area contributed by atoms with E-state index in [2.05, 4.69) is 0 Å². The first kappa shape index (κ1) is 14.2. The third-order valence-corrected chi connectivity index (χ3v) is 2.17. The molecule has 0 atom stereocenters. The average Bonchev–Trinajstić information content (AvgIpc) is 2.19. The van der Waals surface area contributed by atoms with Crippen LogP contribution in [0.1, 0.15) is 31.1 Å². The topological polar surface area (TPSA) is 60.4 Å². The Morgan fingerprint density at radius 3 is 1.87 bits per heavy atom. The summed E-state index contributed by atoms with van der Waals surface area (Å²) >= 11 is -0.340. The van der Waals surface area contributed by atoms with E-state index in [9.17, 15) is 9.90 Å². The van der Waals surface area contributed by atoms with Crippen LogP contribution >= 0.6 is 0 Å². The van der Waals surface area contributed by atoms with Gasteiger partial charge in [0.25, 0.3) is 0 Å². The van der Waals surface area contributed by atoms with E-state index in [1.807, 2.05) is 20.8 Å². The van der Waals surface area contributed by atoms with Crippen molar-refractivity contribution in [3.05, 3.63) is 35.9 Å². The van der Waals surface area contributed by atoms with E-state index in [1.165, 1.54) is 12.1 Å². The van der Waals surface area contributed by atoms with Crippen molar-refractivity contribution in [2.24, 2.45) is 0 Å². The number of carboxylic acids is 1. The molecule has 0 amide bonds. The van der Waals surface area contributed by atoms with Gasteiger partial charge >= 0.3 is 44.8 Å². The molecular formula is C11H15AlO3. The van der Waals surface area contributed by atoms with Gasteiger partial charge < -0.3 is 9.90 Å². The van der Waals surface area contributed by atoms with Gasteiger partial charge in [-0.25, -0.2) is 0 Å². The molecule has 0 bridgehead atoms. The van der Waals surface area contributed by atoms with Crippen molar-refractivity contribution in [1.29, 1.82) is 0 Å². The largest absolute Gasteiger partial charge is 0.545 e. The van der Waals surface area contributed by atoms with Crippen LogP contribution in [0.5, 0.6) is 0 Å². The second-order valence-corrected chi connectivity index (χ2v) is 6.14. The number of carbonyl (C=O) groups excluding carboxylic acids is 1. The normalized spacial score (nSPS) is 9.60. The Morgan fingerprint density at radius 1 is 1.27 bits per heavy atom. The predicted molar refractivity (Wildman–Crippen MR) is 58.5 cm³/mol. The maximum Gasteiger partial charge on any atom is 0.0715 e. The molecule has 0 radical (unpaired) electrons. The minimum atomic E-state index is -1.13. The molecule has 0 spiro atoms. The molecule has 1 N–H and O–H groups in total. The van der Waals surface area contributed by atoms with Crippen LogP contribution < -0.4 is 5.11 Å². The summed E-state index contributed by atoms with van der Waals surface area (Å²) < 4.78 is 8.67. The van der Waals surface area contributed by atoms with Crippen LogP contribution in [0.2, 0.25) is 4.28 Å². The number of aromatic carboxylic acids is 1. The second-order valence-electron chi connectivity index (χ2n) is 4.15. The predicted octanol–water partition coefficient (Wildman–Crippen LogP) is 0.866. The molecule has 0 saturated carbocycles. The smallest absolute Gasteiger partial charge is 0.0715 e. The van der Waals surface area contributed by atoms with Crippen LogP contribution in [0, 0.1) is 0 Å². The van der Waals surface area contributed by atoms with Gasteiger partial charge in [0.1, 0.15) is 0 Å². The molecule has 0 aliphatic carbocycles. The molecule has 1 aromatic rings. The van der Waals surface area contributed by atoms with Crippen molar-refractivity contribution in [2.75, 3.05) is 0 Å². The quantitative estimate of drug-likeness (QED) is 0.717. The van der Waals surface area contributed by atoms with Crippen LogP contribution in [-0.4, -0.2) is 25.7 Å². The fraction of sp³-hybridized carbons (Fsp3) is 0.364. The first-order chi connectivity index (χ1) is 6.87. The maximum absolute atomic E-state index is 10.1. The SMILES string of the molecule is C[C](C)(C)[Al+][OH].O=C([O-])c1ccccc1. The van der Waals surface area contributed by atoms with Gasteiger partial charge in [-0.3, -0.25) is 0 Å². The van der Waals surface area contributed by atoms with E-state index >= 15 is 0 Å². The van der Waals surface area contributed by atoms with Gasteiger partial charge in [-0.1, -0.05) is 30.3 Å². The fourth-order valence-corrected chi connectivity index (χ4v) is 0.574. The van der Waals surface area contributed by atoms with Crippen molar-refractivity contribution >= 4 is 21.5 Å². The van der Waals surface area contributed by atoms with Gasteiger partial charge in [-0.15, -0.1) is 0 Å². The molecule has 1 rings (SSSR count). The molecule has 15 heavy (non-hydrogen) atoms. The molecule has 0 fully saturated rings. The Balaban J connectivity index is 0.000000288. The van der Waals surface area contributed by atoms with E-state index in [0.29, 0.717) is 0 Å². The van der Waals surface area contributed by atoms with Crippen molar-refractivity contribution in [3.8, 4) is 0 Å². The van der Waals surface area contributed by atoms with E-state index in [-0.39, 0.29) is 25.4 Å². The molecule has 0 unspecified atom stereocenters. The van der Waals surface area contributed by atoms with Crippen LogP contribution in [-0.2, 0) is 0 Å². The minimum Gasteiger partial charge on any atom is -0.545 e. The van der Waals surface area contributed by atoms with Crippen molar-refractivity contribution in [1.82, 2.24) is 0 Å². The first-order valence-electron chi connectivity index (χ1n) is 4.62. The van der Waals surface area contributed by atoms with Gasteiger partial charge in [-0.05, 0) is 5.56 Å². The van der Waals surface area contributed by atoms with Crippen LogP contribution in [0.3, 0.4) is 0 Å². The number of hydrogen-bond acceptors (Lipinski definition) is 3. The average molecular weight is 222 g/mol. The number of benzene rings is 1. The van der Waals surface area contributed by atoms with E-state index in [0.717, 1.165) is 0 Å². The third kappa shape index (κ3) is 8.20. The number of carbonyl (C=O) groups is 1. The Labute approximate surface area is 96.8 Å². The van der Waals surface area contributed by atoms with Crippen LogP contribution in [0.4, 0.5) is 0 Å². The van der Waals surface area contributed by atoms with Gasteiger partial charge in [0.05, 0.1) is 5.97 Å². The Kier molecular flexibility index (Phi) is 6.27. The fourth-order valence-electron chi connectivity index (χ4n) is 0.574. The summed E-state index contributed by atoms with van der Waals surface area (Å²) in [7, 11) is 0. The number of hydrogen-bond donors (Lipinski definition) is 1. The van der Waals surface area contributed by atoms with Crippen LogP contribution in [0.15, 0.2) is 30.3 Å². The van der Waals surface area contributed by atoms with E-state index in [1.54, 1.807) is 18.2 Å². The molecule has 1 aromatic carbocycles. The van der Waals surface area contributed by atoms with Gasteiger partial charge in [0.2, 0.25) is 0 Å². The van der Waals surface area contributed by atoms with Gasteiger partial charge in [0.15, 0.2) is 0 Å². The Hall–Kier alpha value is -0.818. The second kappa shape index (κ2) is 6.63. The summed E-state index contributed by atoms with van der Waals surface area (Å²) in [5.74, 6) is -1.13. The first-order valence-corrected chi connectivity index (χ1v) is 5.71. The van der Waals surface area contributed by atoms with E-state index < -0.39 is 5.97 Å². The third-order valence-electron chi connectivity index (χ3n) is 1.40. The summed E-state index contributed by atoms with van der Waals surface area (Å²) in [5, 5.41) is 10.1. The zero-order chi connectivity index (χ0) is 11.9. The molecule has 0 heterocycles. The summed E-state index contributed by atoms with van der Waals surface area (Å²) in [6, 6.07) is 8.06. The molecular weight excluding hydrogens is 207 g/mol. The monoisotopic (exact) mass is 222 g/mol. The number of carboxylic acid groups (broad SMARTS) is 1. The molecule has 80 valence electrons. The molecule has 0 aliphatic heterocycles. The zero-order valence-electron chi connectivity index (χ0n) is 9.23. The van der Waals surface area contributed by atoms with Crippen molar-refractivity contribution in [3.63, 3.8) is 0 Å². The summed E-state index contributed by atoms with van der Waals surface area (Å²) in [4.78, 5) is 10.1. The van der Waals surface area contributed by atoms with Crippen molar-refractivity contribution in [2.45, 2.75) is 25.0 Å². The number of rotatable bonds is 1. The van der Waals surface area contributed by atoms with Crippen molar-refractivity contribution < 1.29 is 14.1 Å². The van der Waals surface area contributed by atoms with Gasteiger partial charge in [0, 0.05) is 0 Å².